The summed E-state index contributed by atoms with van der Waals surface area (Å²) in [7, 11) is 0. The van der Waals surface area contributed by atoms with Crippen molar-refractivity contribution in [2.24, 2.45) is 5.92 Å². The maximum absolute atomic E-state index is 12.1. The molecule has 0 radical (unpaired) electrons. The molecule has 1 aromatic rings. The second-order valence-corrected chi connectivity index (χ2v) is 5.12. The Morgan fingerprint density at radius 2 is 1.94 bits per heavy atom. The van der Waals surface area contributed by atoms with Gasteiger partial charge in [0, 0.05) is 12.2 Å². The van der Waals surface area contributed by atoms with Crippen molar-refractivity contribution in [2.75, 3.05) is 4.90 Å². The third-order valence-corrected chi connectivity index (χ3v) is 3.01. The normalized spacial score (nSPS) is 20.1. The van der Waals surface area contributed by atoms with E-state index in [-0.39, 0.29) is 23.9 Å². The quantitative estimate of drug-likeness (QED) is 0.827. The zero-order valence-electron chi connectivity index (χ0n) is 11.0. The molecule has 0 aromatic carbocycles. The lowest BCUT2D eigenvalue weighted by atomic mass is 10.1. The molecule has 1 fully saturated rings. The summed E-state index contributed by atoms with van der Waals surface area (Å²) in [6, 6.07) is -0.623. The molecule has 1 N–H and O–H groups in total. The molecule has 3 amide bonds. The third kappa shape index (κ3) is 1.98. The van der Waals surface area contributed by atoms with Crippen LogP contribution in [0.2, 0.25) is 0 Å². The summed E-state index contributed by atoms with van der Waals surface area (Å²) >= 11 is 0. The lowest BCUT2D eigenvalue weighted by molar-refractivity contribution is -0.119. The summed E-state index contributed by atoms with van der Waals surface area (Å²) in [6.45, 7) is 7.78. The van der Waals surface area contributed by atoms with E-state index in [0.717, 1.165) is 4.90 Å². The Balaban J connectivity index is 2.27. The van der Waals surface area contributed by atoms with Crippen LogP contribution in [0.15, 0.2) is 12.4 Å². The van der Waals surface area contributed by atoms with Gasteiger partial charge in [-0.3, -0.25) is 9.48 Å². The number of nitrogens with one attached hydrogen (secondary N) is 1. The van der Waals surface area contributed by atoms with Crippen LogP contribution in [-0.4, -0.2) is 27.8 Å². The Morgan fingerprint density at radius 1 is 1.28 bits per heavy atom. The average molecular weight is 250 g/mol. The smallest absolute Gasteiger partial charge is 0.325 e. The summed E-state index contributed by atoms with van der Waals surface area (Å²) < 4.78 is 1.72. The number of anilines is 1. The lowest BCUT2D eigenvalue weighted by Crippen LogP contribution is -2.34. The zero-order chi connectivity index (χ0) is 13.4. The maximum Gasteiger partial charge on any atom is 0.329 e. The van der Waals surface area contributed by atoms with Crippen molar-refractivity contribution in [2.45, 2.75) is 39.8 Å². The van der Waals surface area contributed by atoms with Gasteiger partial charge in [-0.25, -0.2) is 9.69 Å². The maximum atomic E-state index is 12.1. The van der Waals surface area contributed by atoms with Gasteiger partial charge in [0.05, 0.1) is 11.9 Å². The highest BCUT2D eigenvalue weighted by Crippen LogP contribution is 2.22. The molecule has 0 bridgehead atoms. The molecule has 0 aliphatic carbocycles. The molecule has 1 aliphatic rings. The van der Waals surface area contributed by atoms with Crippen LogP contribution in [-0.2, 0) is 4.79 Å². The van der Waals surface area contributed by atoms with Gasteiger partial charge in [0.15, 0.2) is 0 Å². The number of aromatic nitrogens is 2. The van der Waals surface area contributed by atoms with Crippen molar-refractivity contribution in [3.8, 4) is 0 Å². The summed E-state index contributed by atoms with van der Waals surface area (Å²) in [4.78, 5) is 25.1. The van der Waals surface area contributed by atoms with E-state index in [9.17, 15) is 9.59 Å². The van der Waals surface area contributed by atoms with Gasteiger partial charge in [-0.2, -0.15) is 5.10 Å². The fraction of sp³-hybridized carbons (Fsp3) is 0.583. The van der Waals surface area contributed by atoms with E-state index < -0.39 is 6.04 Å². The highest BCUT2D eigenvalue weighted by atomic mass is 16.2. The van der Waals surface area contributed by atoms with Crippen LogP contribution in [0.3, 0.4) is 0 Å². The van der Waals surface area contributed by atoms with Crippen LogP contribution < -0.4 is 10.2 Å². The highest BCUT2D eigenvalue weighted by Gasteiger charge is 2.41. The van der Waals surface area contributed by atoms with Crippen LogP contribution in [0.25, 0.3) is 0 Å². The summed E-state index contributed by atoms with van der Waals surface area (Å²) in [5, 5.41) is 6.83. The molecule has 1 saturated heterocycles. The van der Waals surface area contributed by atoms with E-state index in [1.54, 1.807) is 17.1 Å². The minimum absolute atomic E-state index is 0.0755. The first-order valence-electron chi connectivity index (χ1n) is 6.10. The number of rotatable bonds is 3. The Bertz CT molecular complexity index is 478. The minimum atomic E-state index is -0.445. The van der Waals surface area contributed by atoms with Crippen molar-refractivity contribution in [1.82, 2.24) is 15.1 Å². The summed E-state index contributed by atoms with van der Waals surface area (Å²) in [5.41, 5.74) is 0.523. The first-order chi connectivity index (χ1) is 8.41. The van der Waals surface area contributed by atoms with E-state index in [2.05, 4.69) is 10.4 Å². The monoisotopic (exact) mass is 250 g/mol. The molecule has 2 heterocycles. The Morgan fingerprint density at radius 3 is 2.39 bits per heavy atom. The van der Waals surface area contributed by atoms with Crippen molar-refractivity contribution in [3.63, 3.8) is 0 Å². The lowest BCUT2D eigenvalue weighted by Gasteiger charge is -2.12. The molecule has 18 heavy (non-hydrogen) atoms. The third-order valence-electron chi connectivity index (χ3n) is 3.01. The van der Waals surface area contributed by atoms with Crippen LogP contribution in [0.5, 0.6) is 0 Å². The predicted octanol–water partition coefficient (Wildman–Crippen LogP) is 1.54. The number of hydrogen-bond acceptors (Lipinski definition) is 3. The SMILES string of the molecule is CC(C)C1NC(=O)N(c2cnn(C(C)C)c2)C1=O. The van der Waals surface area contributed by atoms with E-state index >= 15 is 0 Å². The molecule has 2 rings (SSSR count). The van der Waals surface area contributed by atoms with Gasteiger partial charge in [-0.15, -0.1) is 0 Å². The van der Waals surface area contributed by atoms with Crippen molar-refractivity contribution in [3.05, 3.63) is 12.4 Å². The van der Waals surface area contributed by atoms with Gasteiger partial charge < -0.3 is 5.32 Å². The first kappa shape index (κ1) is 12.6. The first-order valence-corrected chi connectivity index (χ1v) is 6.10. The summed E-state index contributed by atoms with van der Waals surface area (Å²) in [6.07, 6.45) is 3.26. The van der Waals surface area contributed by atoms with E-state index in [0.29, 0.717) is 5.69 Å². The predicted molar refractivity (Wildman–Crippen MR) is 67.3 cm³/mol. The standard InChI is InChI=1S/C12H18N4O2/c1-7(2)10-11(17)16(12(18)14-10)9-5-13-15(6-9)8(3)4/h5-8,10H,1-4H3,(H,14,18). The van der Waals surface area contributed by atoms with E-state index in [1.807, 2.05) is 27.7 Å². The number of amides is 3. The summed E-state index contributed by atoms with van der Waals surface area (Å²) in [5.74, 6) is -0.134. The number of carbonyl (C=O) groups excluding carboxylic acids is 2. The molecule has 1 aromatic heterocycles. The zero-order valence-corrected chi connectivity index (χ0v) is 11.0. The fourth-order valence-corrected chi connectivity index (χ4v) is 1.92. The highest BCUT2D eigenvalue weighted by molar-refractivity contribution is 6.21. The molecule has 1 unspecified atom stereocenters. The molecular formula is C12H18N4O2. The number of imide groups is 1. The van der Waals surface area contributed by atoms with Gasteiger partial charge in [-0.05, 0) is 19.8 Å². The number of nitrogens with zero attached hydrogens (tertiary/aromatic N) is 3. The Labute approximate surface area is 106 Å². The second kappa shape index (κ2) is 4.44. The van der Waals surface area contributed by atoms with Gasteiger partial charge in [0.2, 0.25) is 0 Å². The van der Waals surface area contributed by atoms with Gasteiger partial charge in [-0.1, -0.05) is 13.8 Å². The molecule has 98 valence electrons. The van der Waals surface area contributed by atoms with E-state index in [4.69, 9.17) is 0 Å². The van der Waals surface area contributed by atoms with Crippen molar-refractivity contribution >= 4 is 17.6 Å². The van der Waals surface area contributed by atoms with Crippen LogP contribution in [0.4, 0.5) is 10.5 Å². The van der Waals surface area contributed by atoms with Crippen molar-refractivity contribution < 1.29 is 9.59 Å². The molecule has 1 atom stereocenters. The fourth-order valence-electron chi connectivity index (χ4n) is 1.92. The molecular weight excluding hydrogens is 232 g/mol. The molecule has 0 saturated carbocycles. The molecule has 0 spiro atoms. The van der Waals surface area contributed by atoms with E-state index in [1.165, 1.54) is 0 Å². The average Bonchev–Trinajstić information content (AvgIpc) is 2.83. The topological polar surface area (TPSA) is 67.2 Å². The van der Waals surface area contributed by atoms with Crippen LogP contribution in [0.1, 0.15) is 33.7 Å². The van der Waals surface area contributed by atoms with Crippen LogP contribution >= 0.6 is 0 Å². The minimum Gasteiger partial charge on any atom is -0.325 e. The number of hydrogen-bond donors (Lipinski definition) is 1. The second-order valence-electron chi connectivity index (χ2n) is 5.12. The molecule has 6 nitrogen and oxygen atoms in total. The van der Waals surface area contributed by atoms with Gasteiger partial charge in [0.1, 0.15) is 6.04 Å². The molecule has 6 heteroatoms. The van der Waals surface area contributed by atoms with Gasteiger partial charge >= 0.3 is 6.03 Å². The Hall–Kier alpha value is -1.85. The van der Waals surface area contributed by atoms with Crippen LogP contribution in [0, 0.1) is 5.92 Å². The number of urea groups is 1. The number of carbonyl (C=O) groups is 2. The Kier molecular flexibility index (Phi) is 3.11. The molecule has 1 aliphatic heterocycles. The largest absolute Gasteiger partial charge is 0.329 e. The van der Waals surface area contributed by atoms with Gasteiger partial charge in [0.25, 0.3) is 5.91 Å². The van der Waals surface area contributed by atoms with Crippen molar-refractivity contribution in [1.29, 1.82) is 0 Å².